The van der Waals surface area contributed by atoms with E-state index in [0.717, 1.165) is 25.3 Å². The summed E-state index contributed by atoms with van der Waals surface area (Å²) in [6.07, 6.45) is 0.969. The second kappa shape index (κ2) is 6.58. The number of nitrogens with one attached hydrogen (secondary N) is 1. The van der Waals surface area contributed by atoms with Gasteiger partial charge in [-0.15, -0.1) is 11.3 Å². The highest BCUT2D eigenvalue weighted by Crippen LogP contribution is 2.31. The van der Waals surface area contributed by atoms with Crippen LogP contribution < -0.4 is 10.1 Å². The number of nitrogens with zero attached hydrogens (tertiary/aromatic N) is 1. The van der Waals surface area contributed by atoms with Crippen molar-refractivity contribution in [2.75, 3.05) is 25.5 Å². The Morgan fingerprint density at radius 2 is 2.14 bits per heavy atom. The molecular formula is C16H17ClN2O2S. The highest BCUT2D eigenvalue weighted by molar-refractivity contribution is 7.15. The lowest BCUT2D eigenvalue weighted by Crippen LogP contribution is -2.32. The van der Waals surface area contributed by atoms with Crippen molar-refractivity contribution in [2.45, 2.75) is 12.3 Å². The average molecular weight is 337 g/mol. The predicted molar refractivity (Wildman–Crippen MR) is 90.3 cm³/mol. The topological polar surface area (TPSA) is 41.6 Å². The number of hydrogen-bond acceptors (Lipinski definition) is 3. The molecule has 1 aromatic carbocycles. The van der Waals surface area contributed by atoms with Crippen molar-refractivity contribution in [3.63, 3.8) is 0 Å². The van der Waals surface area contributed by atoms with Gasteiger partial charge in [0.2, 0.25) is 0 Å². The molecule has 0 bridgehead atoms. The second-order valence-corrected chi connectivity index (χ2v) is 6.76. The molecule has 1 aliphatic heterocycles. The lowest BCUT2D eigenvalue weighted by molar-refractivity contribution is 0.222. The fourth-order valence-electron chi connectivity index (χ4n) is 2.67. The molecule has 1 atom stereocenters. The van der Waals surface area contributed by atoms with E-state index < -0.39 is 0 Å². The molecule has 116 valence electrons. The number of thiophene rings is 1. The van der Waals surface area contributed by atoms with Gasteiger partial charge in [0, 0.05) is 19.0 Å². The number of likely N-dealkylation sites (tertiary alicyclic amines) is 1. The Morgan fingerprint density at radius 1 is 1.36 bits per heavy atom. The molecule has 2 heterocycles. The maximum absolute atomic E-state index is 12.3. The molecule has 1 aromatic heterocycles. The quantitative estimate of drug-likeness (QED) is 0.900. The summed E-state index contributed by atoms with van der Waals surface area (Å²) in [5.74, 6) is 1.22. The first-order valence-electron chi connectivity index (χ1n) is 7.10. The van der Waals surface area contributed by atoms with E-state index in [4.69, 9.17) is 16.3 Å². The van der Waals surface area contributed by atoms with Crippen molar-refractivity contribution in [1.29, 1.82) is 0 Å². The maximum Gasteiger partial charge on any atom is 0.321 e. The zero-order valence-corrected chi connectivity index (χ0v) is 13.8. The minimum Gasteiger partial charge on any atom is -0.497 e. The number of benzene rings is 1. The molecule has 3 rings (SSSR count). The summed E-state index contributed by atoms with van der Waals surface area (Å²) in [5.41, 5.74) is 1.93. The fourth-order valence-corrected chi connectivity index (χ4v) is 3.50. The number of ether oxygens (including phenoxy) is 1. The largest absolute Gasteiger partial charge is 0.497 e. The molecule has 1 N–H and O–H groups in total. The number of carbonyl (C=O) groups excluding carboxylic acids is 1. The van der Waals surface area contributed by atoms with Crippen LogP contribution >= 0.6 is 22.9 Å². The molecule has 22 heavy (non-hydrogen) atoms. The van der Waals surface area contributed by atoms with Crippen molar-refractivity contribution < 1.29 is 9.53 Å². The molecular weight excluding hydrogens is 320 g/mol. The van der Waals surface area contributed by atoms with Gasteiger partial charge in [0.1, 0.15) is 10.1 Å². The molecule has 1 fully saturated rings. The Labute approximate surface area is 138 Å². The van der Waals surface area contributed by atoms with E-state index in [1.54, 1.807) is 7.11 Å². The minimum atomic E-state index is -0.0867. The number of halogens is 1. The Balaban J connectivity index is 1.61. The van der Waals surface area contributed by atoms with Crippen LogP contribution in [0, 0.1) is 0 Å². The number of hydrogen-bond donors (Lipinski definition) is 1. The monoisotopic (exact) mass is 336 g/mol. The Hall–Kier alpha value is -1.72. The molecule has 0 spiro atoms. The lowest BCUT2D eigenvalue weighted by atomic mass is 9.98. The normalized spacial score (nSPS) is 17.5. The number of methoxy groups -OCH3 is 1. The van der Waals surface area contributed by atoms with Gasteiger partial charge in [-0.2, -0.15) is 0 Å². The third-order valence-electron chi connectivity index (χ3n) is 3.92. The molecule has 0 saturated carbocycles. The van der Waals surface area contributed by atoms with E-state index in [2.05, 4.69) is 17.4 Å². The van der Waals surface area contributed by atoms with E-state index in [0.29, 0.717) is 15.9 Å². The van der Waals surface area contributed by atoms with E-state index >= 15 is 0 Å². The summed E-state index contributed by atoms with van der Waals surface area (Å²) in [4.78, 5) is 14.1. The van der Waals surface area contributed by atoms with Crippen molar-refractivity contribution in [2.24, 2.45) is 0 Å². The third kappa shape index (κ3) is 3.20. The van der Waals surface area contributed by atoms with Crippen molar-refractivity contribution in [1.82, 2.24) is 4.90 Å². The number of carbonyl (C=O) groups is 1. The second-order valence-electron chi connectivity index (χ2n) is 5.24. The Bertz CT molecular complexity index is 656. The average Bonchev–Trinajstić information content (AvgIpc) is 3.17. The number of rotatable bonds is 3. The van der Waals surface area contributed by atoms with Gasteiger partial charge in [-0.05, 0) is 35.6 Å². The minimum absolute atomic E-state index is 0.0867. The van der Waals surface area contributed by atoms with Gasteiger partial charge in [-0.25, -0.2) is 4.79 Å². The summed E-state index contributed by atoms with van der Waals surface area (Å²) in [5, 5.41) is 4.73. The van der Waals surface area contributed by atoms with Gasteiger partial charge in [0.05, 0.1) is 12.8 Å². The molecule has 4 nitrogen and oxygen atoms in total. The zero-order valence-electron chi connectivity index (χ0n) is 12.2. The fraction of sp³-hybridized carbons (Fsp3) is 0.312. The lowest BCUT2D eigenvalue weighted by Gasteiger charge is -2.17. The molecule has 2 amide bonds. The first-order chi connectivity index (χ1) is 10.7. The molecule has 2 aromatic rings. The van der Waals surface area contributed by atoms with Gasteiger partial charge >= 0.3 is 6.03 Å². The highest BCUT2D eigenvalue weighted by Gasteiger charge is 2.27. The molecule has 1 saturated heterocycles. The number of amides is 2. The van der Waals surface area contributed by atoms with Crippen LogP contribution in [0.5, 0.6) is 5.75 Å². The molecule has 0 radical (unpaired) electrons. The van der Waals surface area contributed by atoms with Gasteiger partial charge in [0.15, 0.2) is 0 Å². The van der Waals surface area contributed by atoms with Crippen LogP contribution in [0.3, 0.4) is 0 Å². The zero-order chi connectivity index (χ0) is 15.5. The first-order valence-corrected chi connectivity index (χ1v) is 8.36. The maximum atomic E-state index is 12.3. The van der Waals surface area contributed by atoms with E-state index in [1.807, 2.05) is 28.5 Å². The third-order valence-corrected chi connectivity index (χ3v) is 5.09. The van der Waals surface area contributed by atoms with Crippen LogP contribution in [0.1, 0.15) is 17.9 Å². The number of urea groups is 1. The highest BCUT2D eigenvalue weighted by atomic mass is 35.5. The smallest absolute Gasteiger partial charge is 0.321 e. The Morgan fingerprint density at radius 3 is 2.77 bits per heavy atom. The summed E-state index contributed by atoms with van der Waals surface area (Å²) >= 11 is 7.43. The van der Waals surface area contributed by atoms with Crippen molar-refractivity contribution in [3.8, 4) is 5.75 Å². The molecule has 0 aliphatic carbocycles. The molecule has 6 heteroatoms. The van der Waals surface area contributed by atoms with Crippen LogP contribution in [0.2, 0.25) is 4.34 Å². The van der Waals surface area contributed by atoms with Crippen LogP contribution in [0.4, 0.5) is 10.5 Å². The van der Waals surface area contributed by atoms with Crippen LogP contribution in [-0.2, 0) is 0 Å². The van der Waals surface area contributed by atoms with Gasteiger partial charge in [0.25, 0.3) is 0 Å². The van der Waals surface area contributed by atoms with E-state index in [9.17, 15) is 4.79 Å². The van der Waals surface area contributed by atoms with E-state index in [-0.39, 0.29) is 6.03 Å². The van der Waals surface area contributed by atoms with Crippen molar-refractivity contribution >= 4 is 34.7 Å². The van der Waals surface area contributed by atoms with Gasteiger partial charge in [-0.3, -0.25) is 0 Å². The number of anilines is 1. The summed E-state index contributed by atoms with van der Waals surface area (Å²) < 4.78 is 5.79. The van der Waals surface area contributed by atoms with Crippen LogP contribution in [0.25, 0.3) is 0 Å². The molecule has 1 unspecified atom stereocenters. The van der Waals surface area contributed by atoms with Gasteiger partial charge in [-0.1, -0.05) is 23.7 Å². The SMILES string of the molecule is COc1ccc(C2CCN(C(=O)Nc3ccsc3Cl)C2)cc1. The van der Waals surface area contributed by atoms with Crippen molar-refractivity contribution in [3.05, 3.63) is 45.6 Å². The van der Waals surface area contributed by atoms with Gasteiger partial charge < -0.3 is 15.0 Å². The first kappa shape index (κ1) is 15.2. The summed E-state index contributed by atoms with van der Waals surface area (Å²) in [6.45, 7) is 1.48. The van der Waals surface area contributed by atoms with E-state index in [1.165, 1.54) is 16.9 Å². The molecule has 1 aliphatic rings. The Kier molecular flexibility index (Phi) is 4.55. The predicted octanol–water partition coefficient (Wildman–Crippen LogP) is 4.43. The summed E-state index contributed by atoms with van der Waals surface area (Å²) in [6, 6.07) is 9.80. The standard InChI is InChI=1S/C16H17ClN2O2S/c1-21-13-4-2-11(3-5-13)12-6-8-19(10-12)16(20)18-14-7-9-22-15(14)17/h2-5,7,9,12H,6,8,10H2,1H3,(H,18,20). The van der Waals surface area contributed by atoms with Crippen LogP contribution in [-0.4, -0.2) is 31.1 Å². The summed E-state index contributed by atoms with van der Waals surface area (Å²) in [7, 11) is 1.66. The van der Waals surface area contributed by atoms with Crippen LogP contribution in [0.15, 0.2) is 35.7 Å².